The highest BCUT2D eigenvalue weighted by molar-refractivity contribution is 5.94. The van der Waals surface area contributed by atoms with Gasteiger partial charge in [0.05, 0.1) is 0 Å². The first-order valence-corrected chi connectivity index (χ1v) is 6.66. The summed E-state index contributed by atoms with van der Waals surface area (Å²) in [5.41, 5.74) is 3.01. The second-order valence-electron chi connectivity index (χ2n) is 4.88. The van der Waals surface area contributed by atoms with E-state index in [0.717, 1.165) is 16.8 Å². The molecule has 0 aliphatic carbocycles. The average molecular weight is 269 g/mol. The Labute approximate surface area is 119 Å². The van der Waals surface area contributed by atoms with Crippen LogP contribution in [0.1, 0.15) is 18.1 Å². The second kappa shape index (κ2) is 6.24. The fourth-order valence-corrected chi connectivity index (χ4v) is 1.82. The molecule has 2 aromatic carbocycles. The molecule has 20 heavy (non-hydrogen) atoms. The van der Waals surface area contributed by atoms with Crippen molar-refractivity contribution in [3.63, 3.8) is 0 Å². The SMILES string of the molecule is Cc1ccc(O[C@H](C)C(=O)Nc2ccccc2C)cc1. The van der Waals surface area contributed by atoms with Crippen LogP contribution in [0.4, 0.5) is 5.69 Å². The Morgan fingerprint density at radius 2 is 1.70 bits per heavy atom. The average Bonchev–Trinajstić information content (AvgIpc) is 2.44. The molecule has 0 radical (unpaired) electrons. The number of anilines is 1. The lowest BCUT2D eigenvalue weighted by Gasteiger charge is -2.15. The number of aryl methyl sites for hydroxylation is 2. The third kappa shape index (κ3) is 3.60. The summed E-state index contributed by atoms with van der Waals surface area (Å²) >= 11 is 0. The van der Waals surface area contributed by atoms with Crippen molar-refractivity contribution < 1.29 is 9.53 Å². The van der Waals surface area contributed by atoms with E-state index in [0.29, 0.717) is 5.75 Å². The summed E-state index contributed by atoms with van der Waals surface area (Å²) in [6.07, 6.45) is -0.544. The summed E-state index contributed by atoms with van der Waals surface area (Å²) in [6.45, 7) is 5.71. The number of benzene rings is 2. The molecule has 1 atom stereocenters. The van der Waals surface area contributed by atoms with Gasteiger partial charge in [-0.1, -0.05) is 35.9 Å². The molecule has 0 aliphatic heterocycles. The highest BCUT2D eigenvalue weighted by Gasteiger charge is 2.15. The van der Waals surface area contributed by atoms with E-state index in [1.54, 1.807) is 6.92 Å². The number of carbonyl (C=O) groups is 1. The van der Waals surface area contributed by atoms with Crippen molar-refractivity contribution in [3.8, 4) is 5.75 Å². The van der Waals surface area contributed by atoms with Crippen LogP contribution in [0.25, 0.3) is 0 Å². The van der Waals surface area contributed by atoms with Gasteiger partial charge < -0.3 is 10.1 Å². The Kier molecular flexibility index (Phi) is 4.41. The molecule has 0 fully saturated rings. The quantitative estimate of drug-likeness (QED) is 0.919. The number of rotatable bonds is 4. The van der Waals surface area contributed by atoms with E-state index >= 15 is 0 Å². The summed E-state index contributed by atoms with van der Waals surface area (Å²) in [4.78, 5) is 12.1. The minimum absolute atomic E-state index is 0.153. The van der Waals surface area contributed by atoms with Gasteiger partial charge in [-0.05, 0) is 44.5 Å². The van der Waals surface area contributed by atoms with Crippen LogP contribution in [-0.2, 0) is 4.79 Å². The molecule has 0 saturated carbocycles. The van der Waals surface area contributed by atoms with Crippen LogP contribution in [0.5, 0.6) is 5.75 Å². The number of ether oxygens (including phenoxy) is 1. The zero-order valence-electron chi connectivity index (χ0n) is 12.0. The molecule has 3 nitrogen and oxygen atoms in total. The standard InChI is InChI=1S/C17H19NO2/c1-12-8-10-15(11-9-12)20-14(3)17(19)18-16-7-5-4-6-13(16)2/h4-11,14H,1-3H3,(H,18,19)/t14-/m1/s1. The Bertz CT molecular complexity index is 590. The summed E-state index contributed by atoms with van der Waals surface area (Å²) in [7, 11) is 0. The predicted octanol–water partition coefficient (Wildman–Crippen LogP) is 3.71. The normalized spacial score (nSPS) is 11.8. The lowest BCUT2D eigenvalue weighted by Crippen LogP contribution is -2.30. The van der Waals surface area contributed by atoms with Crippen molar-refractivity contribution in [3.05, 3.63) is 59.7 Å². The Morgan fingerprint density at radius 1 is 1.05 bits per heavy atom. The van der Waals surface area contributed by atoms with E-state index < -0.39 is 6.10 Å². The number of para-hydroxylation sites is 1. The van der Waals surface area contributed by atoms with Crippen molar-refractivity contribution in [2.75, 3.05) is 5.32 Å². The Balaban J connectivity index is 1.99. The maximum absolute atomic E-state index is 12.1. The fourth-order valence-electron chi connectivity index (χ4n) is 1.82. The zero-order valence-corrected chi connectivity index (χ0v) is 12.0. The number of hydrogen-bond donors (Lipinski definition) is 1. The van der Waals surface area contributed by atoms with Gasteiger partial charge >= 0.3 is 0 Å². The van der Waals surface area contributed by atoms with E-state index in [4.69, 9.17) is 4.74 Å². The van der Waals surface area contributed by atoms with Gasteiger partial charge in [0, 0.05) is 5.69 Å². The first-order chi connectivity index (χ1) is 9.56. The third-order valence-electron chi connectivity index (χ3n) is 3.11. The van der Waals surface area contributed by atoms with Crippen LogP contribution in [0.3, 0.4) is 0 Å². The number of hydrogen-bond acceptors (Lipinski definition) is 2. The second-order valence-corrected chi connectivity index (χ2v) is 4.88. The Hall–Kier alpha value is -2.29. The molecule has 0 unspecified atom stereocenters. The van der Waals surface area contributed by atoms with E-state index in [2.05, 4.69) is 5.32 Å². The molecule has 2 rings (SSSR count). The summed E-state index contributed by atoms with van der Waals surface area (Å²) < 4.78 is 5.63. The van der Waals surface area contributed by atoms with E-state index in [1.165, 1.54) is 0 Å². The summed E-state index contributed by atoms with van der Waals surface area (Å²) in [5, 5.41) is 2.88. The maximum atomic E-state index is 12.1. The largest absolute Gasteiger partial charge is 0.481 e. The van der Waals surface area contributed by atoms with Crippen LogP contribution in [0, 0.1) is 13.8 Å². The molecular weight excluding hydrogens is 250 g/mol. The van der Waals surface area contributed by atoms with Crippen LogP contribution in [0.15, 0.2) is 48.5 Å². The molecule has 0 aromatic heterocycles. The van der Waals surface area contributed by atoms with Crippen LogP contribution < -0.4 is 10.1 Å². The topological polar surface area (TPSA) is 38.3 Å². The van der Waals surface area contributed by atoms with Gasteiger partial charge in [-0.2, -0.15) is 0 Å². The lowest BCUT2D eigenvalue weighted by molar-refractivity contribution is -0.122. The van der Waals surface area contributed by atoms with Crippen molar-refractivity contribution >= 4 is 11.6 Å². The molecular formula is C17H19NO2. The van der Waals surface area contributed by atoms with Crippen LogP contribution in [0.2, 0.25) is 0 Å². The highest BCUT2D eigenvalue weighted by atomic mass is 16.5. The van der Waals surface area contributed by atoms with Crippen molar-refractivity contribution in [2.24, 2.45) is 0 Å². The Morgan fingerprint density at radius 3 is 2.35 bits per heavy atom. The van der Waals surface area contributed by atoms with Gasteiger partial charge in [-0.3, -0.25) is 4.79 Å². The molecule has 1 amide bonds. The van der Waals surface area contributed by atoms with Crippen LogP contribution >= 0.6 is 0 Å². The molecule has 2 aromatic rings. The van der Waals surface area contributed by atoms with Crippen molar-refractivity contribution in [1.82, 2.24) is 0 Å². The van der Waals surface area contributed by atoms with Gasteiger partial charge in [0.1, 0.15) is 5.75 Å². The third-order valence-corrected chi connectivity index (χ3v) is 3.11. The summed E-state index contributed by atoms with van der Waals surface area (Å²) in [5.74, 6) is 0.544. The first kappa shape index (κ1) is 14.1. The molecule has 0 spiro atoms. The molecule has 0 heterocycles. The smallest absolute Gasteiger partial charge is 0.265 e. The maximum Gasteiger partial charge on any atom is 0.265 e. The molecule has 3 heteroatoms. The van der Waals surface area contributed by atoms with Crippen LogP contribution in [-0.4, -0.2) is 12.0 Å². The minimum atomic E-state index is -0.544. The van der Waals surface area contributed by atoms with Gasteiger partial charge in [-0.15, -0.1) is 0 Å². The van der Waals surface area contributed by atoms with Gasteiger partial charge in [0.2, 0.25) is 0 Å². The molecule has 1 N–H and O–H groups in total. The first-order valence-electron chi connectivity index (χ1n) is 6.66. The summed E-state index contributed by atoms with van der Waals surface area (Å²) in [6, 6.07) is 15.3. The molecule has 104 valence electrons. The fraction of sp³-hybridized carbons (Fsp3) is 0.235. The van der Waals surface area contributed by atoms with Gasteiger partial charge in [0.25, 0.3) is 5.91 Å². The number of nitrogens with one attached hydrogen (secondary N) is 1. The lowest BCUT2D eigenvalue weighted by atomic mass is 10.2. The predicted molar refractivity (Wildman–Crippen MR) is 81.1 cm³/mol. The van der Waals surface area contributed by atoms with E-state index in [1.807, 2.05) is 62.4 Å². The van der Waals surface area contributed by atoms with Crippen molar-refractivity contribution in [1.29, 1.82) is 0 Å². The molecule has 0 saturated heterocycles. The van der Waals surface area contributed by atoms with E-state index in [9.17, 15) is 4.79 Å². The van der Waals surface area contributed by atoms with E-state index in [-0.39, 0.29) is 5.91 Å². The zero-order chi connectivity index (χ0) is 14.5. The minimum Gasteiger partial charge on any atom is -0.481 e. The van der Waals surface area contributed by atoms with Crippen molar-refractivity contribution in [2.45, 2.75) is 26.9 Å². The monoisotopic (exact) mass is 269 g/mol. The molecule has 0 aliphatic rings. The van der Waals surface area contributed by atoms with Gasteiger partial charge in [-0.25, -0.2) is 0 Å². The molecule has 0 bridgehead atoms. The highest BCUT2D eigenvalue weighted by Crippen LogP contribution is 2.16. The number of carbonyl (C=O) groups excluding carboxylic acids is 1. The number of amides is 1. The van der Waals surface area contributed by atoms with Gasteiger partial charge in [0.15, 0.2) is 6.10 Å².